The molecule has 0 amide bonds. The van der Waals surface area contributed by atoms with Crippen molar-refractivity contribution >= 4 is 50.1 Å². The Morgan fingerprint density at radius 2 is 2.00 bits per heavy atom. The summed E-state index contributed by atoms with van der Waals surface area (Å²) in [6.45, 7) is 0.627. The molecule has 4 nitrogen and oxygen atoms in total. The van der Waals surface area contributed by atoms with E-state index < -0.39 is 0 Å². The maximum atomic E-state index is 12.9. The summed E-state index contributed by atoms with van der Waals surface area (Å²) in [5.74, 6) is -0.219. The van der Waals surface area contributed by atoms with Crippen LogP contribution in [0.25, 0.3) is 11.0 Å². The van der Waals surface area contributed by atoms with Crippen molar-refractivity contribution < 1.29 is 4.39 Å². The molecule has 7 heteroatoms. The lowest BCUT2D eigenvalue weighted by molar-refractivity contribution is 0.627. The standard InChI is InChI=1S/C18H14FIN4S/c19-13-3-1-11(2-4-13)7-23-18-24-10-15(25-18)5-12-8-21-17-16(12)6-14(20)9-22-17/h1-4,6,8-10H,5,7H2,(H,21,22)(H,23,24). The monoisotopic (exact) mass is 464 g/mol. The number of hydrogen-bond donors (Lipinski definition) is 2. The molecule has 126 valence electrons. The summed E-state index contributed by atoms with van der Waals surface area (Å²) in [4.78, 5) is 13.2. The molecule has 0 unspecified atom stereocenters. The zero-order chi connectivity index (χ0) is 17.2. The Kier molecular flexibility index (Phi) is 4.67. The fourth-order valence-electron chi connectivity index (χ4n) is 2.62. The Morgan fingerprint density at radius 1 is 1.16 bits per heavy atom. The van der Waals surface area contributed by atoms with Crippen molar-refractivity contribution in [1.82, 2.24) is 15.0 Å². The van der Waals surface area contributed by atoms with E-state index >= 15 is 0 Å². The van der Waals surface area contributed by atoms with Gasteiger partial charge in [-0.25, -0.2) is 14.4 Å². The average molecular weight is 464 g/mol. The molecule has 4 rings (SSSR count). The van der Waals surface area contributed by atoms with Gasteiger partial charge in [0, 0.05) is 45.4 Å². The van der Waals surface area contributed by atoms with Crippen LogP contribution in [0.3, 0.4) is 0 Å². The van der Waals surface area contributed by atoms with E-state index in [9.17, 15) is 4.39 Å². The highest BCUT2D eigenvalue weighted by molar-refractivity contribution is 14.1. The third-order valence-corrected chi connectivity index (χ3v) is 5.40. The number of H-pyrrole nitrogens is 1. The second kappa shape index (κ2) is 7.09. The highest BCUT2D eigenvalue weighted by Crippen LogP contribution is 2.26. The van der Waals surface area contributed by atoms with Crippen LogP contribution in [0.2, 0.25) is 0 Å². The fourth-order valence-corrected chi connectivity index (χ4v) is 3.90. The van der Waals surface area contributed by atoms with Crippen molar-refractivity contribution in [2.24, 2.45) is 0 Å². The number of benzene rings is 1. The number of anilines is 1. The van der Waals surface area contributed by atoms with Crippen LogP contribution in [0.15, 0.2) is 48.9 Å². The molecule has 0 aliphatic carbocycles. The summed E-state index contributed by atoms with van der Waals surface area (Å²) in [5, 5.41) is 5.31. The number of halogens is 2. The number of nitrogens with one attached hydrogen (secondary N) is 2. The molecule has 0 fully saturated rings. The van der Waals surface area contributed by atoms with Crippen molar-refractivity contribution in [3.63, 3.8) is 0 Å². The minimum absolute atomic E-state index is 0.219. The van der Waals surface area contributed by atoms with Crippen LogP contribution in [-0.4, -0.2) is 15.0 Å². The molecule has 25 heavy (non-hydrogen) atoms. The fraction of sp³-hybridized carbons (Fsp3) is 0.111. The molecular weight excluding hydrogens is 450 g/mol. The number of rotatable bonds is 5. The Hall–Kier alpha value is -2.00. The van der Waals surface area contributed by atoms with Crippen LogP contribution in [0.1, 0.15) is 16.0 Å². The van der Waals surface area contributed by atoms with E-state index in [1.54, 1.807) is 23.5 Å². The highest BCUT2D eigenvalue weighted by Gasteiger charge is 2.09. The van der Waals surface area contributed by atoms with Gasteiger partial charge in [0.05, 0.1) is 0 Å². The highest BCUT2D eigenvalue weighted by atomic mass is 127. The second-order valence-electron chi connectivity index (χ2n) is 5.65. The van der Waals surface area contributed by atoms with Gasteiger partial charge in [-0.2, -0.15) is 0 Å². The van der Waals surface area contributed by atoms with E-state index in [0.29, 0.717) is 6.54 Å². The Bertz CT molecular complexity index is 1010. The predicted octanol–water partition coefficient (Wildman–Crippen LogP) is 4.97. The predicted molar refractivity (Wildman–Crippen MR) is 107 cm³/mol. The van der Waals surface area contributed by atoms with Crippen LogP contribution in [0.5, 0.6) is 0 Å². The van der Waals surface area contributed by atoms with Crippen LogP contribution in [0, 0.1) is 9.39 Å². The minimum Gasteiger partial charge on any atom is -0.357 e. The largest absolute Gasteiger partial charge is 0.357 e. The topological polar surface area (TPSA) is 53.6 Å². The van der Waals surface area contributed by atoms with E-state index in [-0.39, 0.29) is 5.82 Å². The number of hydrogen-bond acceptors (Lipinski definition) is 4. The van der Waals surface area contributed by atoms with Crippen molar-refractivity contribution in [2.45, 2.75) is 13.0 Å². The van der Waals surface area contributed by atoms with Crippen molar-refractivity contribution in [3.8, 4) is 0 Å². The zero-order valence-electron chi connectivity index (χ0n) is 13.1. The first-order valence-corrected chi connectivity index (χ1v) is 9.61. The third kappa shape index (κ3) is 3.82. The number of fused-ring (bicyclic) bond motifs is 1. The summed E-state index contributed by atoms with van der Waals surface area (Å²) < 4.78 is 14.1. The van der Waals surface area contributed by atoms with Gasteiger partial charge in [0.1, 0.15) is 11.5 Å². The summed E-state index contributed by atoms with van der Waals surface area (Å²) in [5.41, 5.74) is 3.15. The van der Waals surface area contributed by atoms with Crippen molar-refractivity contribution in [1.29, 1.82) is 0 Å². The second-order valence-corrected chi connectivity index (χ2v) is 8.01. The van der Waals surface area contributed by atoms with Gasteiger partial charge in [-0.15, -0.1) is 11.3 Å². The molecule has 0 saturated carbocycles. The van der Waals surface area contributed by atoms with Gasteiger partial charge in [-0.1, -0.05) is 12.1 Å². The molecule has 4 aromatic rings. The van der Waals surface area contributed by atoms with Crippen molar-refractivity contribution in [2.75, 3.05) is 5.32 Å². The number of nitrogens with zero attached hydrogens (tertiary/aromatic N) is 2. The third-order valence-electron chi connectivity index (χ3n) is 3.86. The summed E-state index contributed by atoms with van der Waals surface area (Å²) >= 11 is 3.91. The molecule has 3 aromatic heterocycles. The lowest BCUT2D eigenvalue weighted by Crippen LogP contribution is -1.98. The molecule has 2 N–H and O–H groups in total. The normalized spacial score (nSPS) is 11.1. The number of aromatic nitrogens is 3. The molecule has 1 aromatic carbocycles. The van der Waals surface area contributed by atoms with Gasteiger partial charge in [0.25, 0.3) is 0 Å². The maximum Gasteiger partial charge on any atom is 0.183 e. The molecule has 0 aliphatic heterocycles. The van der Waals surface area contributed by atoms with E-state index in [1.807, 2.05) is 18.6 Å². The van der Waals surface area contributed by atoms with Crippen LogP contribution < -0.4 is 5.32 Å². The van der Waals surface area contributed by atoms with Gasteiger partial charge in [0.15, 0.2) is 5.13 Å². The first kappa shape index (κ1) is 16.5. The van der Waals surface area contributed by atoms with Crippen molar-refractivity contribution in [3.05, 3.63) is 74.3 Å². The van der Waals surface area contributed by atoms with Gasteiger partial charge in [0.2, 0.25) is 0 Å². The molecule has 3 heterocycles. The quantitative estimate of drug-likeness (QED) is 0.411. The van der Waals surface area contributed by atoms with E-state index in [1.165, 1.54) is 22.6 Å². The summed E-state index contributed by atoms with van der Waals surface area (Å²) in [7, 11) is 0. The van der Waals surface area contributed by atoms with Gasteiger partial charge >= 0.3 is 0 Å². The molecule has 0 spiro atoms. The SMILES string of the molecule is Fc1ccc(CNc2ncc(Cc3c[nH]c4ncc(I)cc34)s2)cc1. The zero-order valence-corrected chi connectivity index (χ0v) is 16.1. The lowest BCUT2D eigenvalue weighted by atomic mass is 10.1. The number of pyridine rings is 1. The van der Waals surface area contributed by atoms with E-state index in [4.69, 9.17) is 0 Å². The molecule has 0 radical (unpaired) electrons. The Balaban J connectivity index is 1.45. The molecular formula is C18H14FIN4S. The van der Waals surface area contributed by atoms with Gasteiger partial charge in [-0.3, -0.25) is 0 Å². The molecule has 0 saturated heterocycles. The lowest BCUT2D eigenvalue weighted by Gasteiger charge is -2.02. The first-order chi connectivity index (χ1) is 12.2. The maximum absolute atomic E-state index is 12.9. The van der Waals surface area contributed by atoms with Crippen LogP contribution in [-0.2, 0) is 13.0 Å². The Labute approximate surface area is 161 Å². The van der Waals surface area contributed by atoms with E-state index in [2.05, 4.69) is 48.9 Å². The minimum atomic E-state index is -0.219. The van der Waals surface area contributed by atoms with Crippen LogP contribution >= 0.6 is 33.9 Å². The summed E-state index contributed by atoms with van der Waals surface area (Å²) in [6.07, 6.45) is 6.59. The molecule has 0 atom stereocenters. The Morgan fingerprint density at radius 3 is 2.84 bits per heavy atom. The van der Waals surface area contributed by atoms with Crippen LogP contribution in [0.4, 0.5) is 9.52 Å². The molecule has 0 aliphatic rings. The smallest absolute Gasteiger partial charge is 0.183 e. The number of aromatic amines is 1. The van der Waals surface area contributed by atoms with Gasteiger partial charge in [-0.05, 0) is 51.9 Å². The average Bonchev–Trinajstić information content (AvgIpc) is 3.22. The first-order valence-electron chi connectivity index (χ1n) is 7.72. The van der Waals surface area contributed by atoms with Gasteiger partial charge < -0.3 is 10.3 Å². The molecule has 0 bridgehead atoms. The summed E-state index contributed by atoms with van der Waals surface area (Å²) in [6, 6.07) is 8.63. The number of thiazole rings is 1. The van der Waals surface area contributed by atoms with E-state index in [0.717, 1.165) is 31.7 Å².